The number of ether oxygens (including phenoxy) is 1. The minimum Gasteiger partial charge on any atom is -0.379 e. The summed E-state index contributed by atoms with van der Waals surface area (Å²) in [7, 11) is -3.58. The van der Waals surface area contributed by atoms with Gasteiger partial charge in [0, 0.05) is 24.2 Å². The zero-order chi connectivity index (χ0) is 18.9. The maximum atomic E-state index is 13.2. The number of hydrogen-bond donors (Lipinski definition) is 1. The van der Waals surface area contributed by atoms with Crippen LogP contribution in [0.15, 0.2) is 17.0 Å². The van der Waals surface area contributed by atoms with Crippen molar-refractivity contribution in [2.24, 2.45) is 5.41 Å². The Morgan fingerprint density at radius 3 is 2.58 bits per heavy atom. The number of nitrogens with one attached hydrogen (secondary N) is 1. The maximum absolute atomic E-state index is 13.2. The molecule has 0 bridgehead atoms. The molecule has 3 rings (SSSR count). The van der Waals surface area contributed by atoms with Crippen LogP contribution in [0.5, 0.6) is 0 Å². The number of benzene rings is 1. The van der Waals surface area contributed by atoms with E-state index in [1.54, 1.807) is 6.07 Å². The van der Waals surface area contributed by atoms with Crippen LogP contribution in [-0.4, -0.2) is 44.9 Å². The highest BCUT2D eigenvalue weighted by molar-refractivity contribution is 7.89. The quantitative estimate of drug-likeness (QED) is 0.852. The lowest BCUT2D eigenvalue weighted by Crippen LogP contribution is -2.41. The summed E-state index contributed by atoms with van der Waals surface area (Å²) in [6.07, 6.45) is 3.27. The van der Waals surface area contributed by atoms with Crippen LogP contribution < -0.4 is 5.32 Å². The molecule has 26 heavy (non-hydrogen) atoms. The summed E-state index contributed by atoms with van der Waals surface area (Å²) in [6, 6.07) is 3.57. The zero-order valence-corrected chi connectivity index (χ0v) is 16.6. The number of carbonyl (C=O) groups is 1. The largest absolute Gasteiger partial charge is 0.379 e. The number of hydrogen-bond acceptors (Lipinski definition) is 4. The molecule has 1 heterocycles. The van der Waals surface area contributed by atoms with Crippen molar-refractivity contribution in [1.82, 2.24) is 4.31 Å². The lowest BCUT2D eigenvalue weighted by Gasteiger charge is -2.27. The van der Waals surface area contributed by atoms with E-state index in [1.165, 1.54) is 4.31 Å². The van der Waals surface area contributed by atoms with Gasteiger partial charge in [0.05, 0.1) is 18.1 Å². The average Bonchev–Trinajstić information content (AvgIpc) is 3.10. The van der Waals surface area contributed by atoms with Crippen LogP contribution in [0.3, 0.4) is 0 Å². The van der Waals surface area contributed by atoms with E-state index in [2.05, 4.69) is 5.32 Å². The summed E-state index contributed by atoms with van der Waals surface area (Å²) in [6.45, 7) is 7.33. The van der Waals surface area contributed by atoms with Gasteiger partial charge in [-0.05, 0) is 48.9 Å². The number of carbonyl (C=O) groups excluding carboxylic acids is 1. The molecule has 1 aromatic carbocycles. The summed E-state index contributed by atoms with van der Waals surface area (Å²) in [5, 5.41) is 2.93. The molecule has 1 aromatic rings. The van der Waals surface area contributed by atoms with E-state index in [0.717, 1.165) is 30.4 Å². The van der Waals surface area contributed by atoms with Gasteiger partial charge in [-0.3, -0.25) is 4.79 Å². The third-order valence-electron chi connectivity index (χ3n) is 5.52. The number of fused-ring (bicyclic) bond motifs is 1. The van der Waals surface area contributed by atoms with E-state index < -0.39 is 15.4 Å². The second kappa shape index (κ2) is 7.29. The molecule has 1 aliphatic heterocycles. The lowest BCUT2D eigenvalue weighted by atomic mass is 9.89. The molecule has 0 radical (unpaired) electrons. The number of aryl methyl sites for hydroxylation is 1. The van der Waals surface area contributed by atoms with Gasteiger partial charge >= 0.3 is 0 Å². The molecular weight excluding hydrogens is 352 g/mol. The molecule has 1 amide bonds. The van der Waals surface area contributed by atoms with Crippen LogP contribution in [-0.2, 0) is 32.4 Å². The molecule has 1 aliphatic carbocycles. The van der Waals surface area contributed by atoms with Crippen LogP contribution in [0.25, 0.3) is 0 Å². The number of nitrogens with zero attached hydrogens (tertiary/aromatic N) is 1. The molecule has 0 aromatic heterocycles. The molecule has 7 heteroatoms. The van der Waals surface area contributed by atoms with Crippen molar-refractivity contribution in [3.63, 3.8) is 0 Å². The van der Waals surface area contributed by atoms with Gasteiger partial charge in [-0.15, -0.1) is 0 Å². The van der Waals surface area contributed by atoms with Gasteiger partial charge in [-0.25, -0.2) is 8.42 Å². The van der Waals surface area contributed by atoms with Crippen molar-refractivity contribution in [1.29, 1.82) is 0 Å². The standard InChI is InChI=1S/C19H28N2O4S/c1-4-19(2,3)18(22)20-15-12-14-6-5-7-16(14)17(13-15)26(23,24)21-8-10-25-11-9-21/h12-13H,4-11H2,1-3H3,(H,20,22). The molecule has 1 fully saturated rings. The first-order chi connectivity index (χ1) is 12.3. The molecule has 0 spiro atoms. The second-order valence-corrected chi connectivity index (χ2v) is 9.58. The van der Waals surface area contributed by atoms with Crippen molar-refractivity contribution in [2.45, 2.75) is 51.3 Å². The third kappa shape index (κ3) is 3.66. The average molecular weight is 381 g/mol. The first-order valence-electron chi connectivity index (χ1n) is 9.31. The van der Waals surface area contributed by atoms with Gasteiger partial charge < -0.3 is 10.1 Å². The van der Waals surface area contributed by atoms with E-state index in [-0.39, 0.29) is 5.91 Å². The predicted octanol–water partition coefficient (Wildman–Crippen LogP) is 2.57. The Morgan fingerprint density at radius 2 is 1.92 bits per heavy atom. The molecule has 1 saturated heterocycles. The minimum absolute atomic E-state index is 0.0901. The summed E-state index contributed by atoms with van der Waals surface area (Å²) < 4.78 is 33.2. The highest BCUT2D eigenvalue weighted by atomic mass is 32.2. The Labute approximate surface area is 156 Å². The topological polar surface area (TPSA) is 75.7 Å². The number of anilines is 1. The van der Waals surface area contributed by atoms with Gasteiger partial charge in [-0.2, -0.15) is 4.31 Å². The van der Waals surface area contributed by atoms with Crippen molar-refractivity contribution in [2.75, 3.05) is 31.6 Å². The third-order valence-corrected chi connectivity index (χ3v) is 7.48. The Bertz CT molecular complexity index is 796. The van der Waals surface area contributed by atoms with E-state index in [4.69, 9.17) is 4.74 Å². The molecule has 144 valence electrons. The fraction of sp³-hybridized carbons (Fsp3) is 0.632. The SMILES string of the molecule is CCC(C)(C)C(=O)Nc1cc2c(c(S(=O)(=O)N3CCOCC3)c1)CCC2. The van der Waals surface area contributed by atoms with Crippen LogP contribution >= 0.6 is 0 Å². The van der Waals surface area contributed by atoms with Crippen molar-refractivity contribution in [3.8, 4) is 0 Å². The second-order valence-electron chi connectivity index (χ2n) is 7.67. The number of morpholine rings is 1. The lowest BCUT2D eigenvalue weighted by molar-refractivity contribution is -0.124. The molecule has 2 aliphatic rings. The monoisotopic (exact) mass is 380 g/mol. The summed E-state index contributed by atoms with van der Waals surface area (Å²) in [5.74, 6) is -0.0901. The fourth-order valence-corrected chi connectivity index (χ4v) is 5.08. The van der Waals surface area contributed by atoms with Crippen molar-refractivity contribution >= 4 is 21.6 Å². The van der Waals surface area contributed by atoms with Crippen LogP contribution in [0, 0.1) is 5.41 Å². The van der Waals surface area contributed by atoms with E-state index in [9.17, 15) is 13.2 Å². The molecule has 0 atom stereocenters. The van der Waals surface area contributed by atoms with Gasteiger partial charge in [0.2, 0.25) is 15.9 Å². The molecule has 1 N–H and O–H groups in total. The van der Waals surface area contributed by atoms with Crippen molar-refractivity contribution in [3.05, 3.63) is 23.3 Å². The minimum atomic E-state index is -3.58. The normalized spacial score (nSPS) is 18.6. The van der Waals surface area contributed by atoms with Gasteiger partial charge in [-0.1, -0.05) is 20.8 Å². The Kier molecular flexibility index (Phi) is 5.42. The fourth-order valence-electron chi connectivity index (χ4n) is 3.35. The molecule has 0 saturated carbocycles. The van der Waals surface area contributed by atoms with Crippen molar-refractivity contribution < 1.29 is 17.9 Å². The van der Waals surface area contributed by atoms with E-state index in [0.29, 0.717) is 43.3 Å². The Balaban J connectivity index is 1.98. The maximum Gasteiger partial charge on any atom is 0.243 e. The zero-order valence-electron chi connectivity index (χ0n) is 15.8. The molecule has 6 nitrogen and oxygen atoms in total. The van der Waals surface area contributed by atoms with Crippen LogP contribution in [0.2, 0.25) is 0 Å². The highest BCUT2D eigenvalue weighted by Gasteiger charge is 2.32. The van der Waals surface area contributed by atoms with Crippen LogP contribution in [0.4, 0.5) is 5.69 Å². The smallest absolute Gasteiger partial charge is 0.243 e. The first-order valence-corrected chi connectivity index (χ1v) is 10.7. The van der Waals surface area contributed by atoms with Gasteiger partial charge in [0.1, 0.15) is 0 Å². The summed E-state index contributed by atoms with van der Waals surface area (Å²) in [5.41, 5.74) is 2.01. The van der Waals surface area contributed by atoms with E-state index in [1.807, 2.05) is 26.8 Å². The highest BCUT2D eigenvalue weighted by Crippen LogP contribution is 2.34. The van der Waals surface area contributed by atoms with Crippen LogP contribution in [0.1, 0.15) is 44.7 Å². The number of amides is 1. The van der Waals surface area contributed by atoms with Gasteiger partial charge in [0.15, 0.2) is 0 Å². The van der Waals surface area contributed by atoms with Gasteiger partial charge in [0.25, 0.3) is 0 Å². The molecule has 0 unspecified atom stereocenters. The summed E-state index contributed by atoms with van der Waals surface area (Å²) >= 11 is 0. The Morgan fingerprint density at radius 1 is 1.23 bits per heavy atom. The van der Waals surface area contributed by atoms with E-state index >= 15 is 0 Å². The Hall–Kier alpha value is -1.44. The number of rotatable bonds is 5. The molecular formula is C19H28N2O4S. The first kappa shape index (κ1) is 19.3. The predicted molar refractivity (Wildman–Crippen MR) is 101 cm³/mol. The summed E-state index contributed by atoms with van der Waals surface area (Å²) in [4.78, 5) is 12.9. The number of sulfonamides is 1.